The lowest BCUT2D eigenvalue weighted by atomic mass is 9.91. The lowest BCUT2D eigenvalue weighted by molar-refractivity contribution is 0.0742. The average Bonchev–Trinajstić information content (AvgIpc) is 2.44. The van der Waals surface area contributed by atoms with Crippen LogP contribution in [0.15, 0.2) is 0 Å². The van der Waals surface area contributed by atoms with Gasteiger partial charge in [0.2, 0.25) is 0 Å². The largest absolute Gasteiger partial charge is 0.394 e. The second kappa shape index (κ2) is 10.6. The fourth-order valence-corrected chi connectivity index (χ4v) is 3.26. The van der Waals surface area contributed by atoms with E-state index in [0.717, 1.165) is 25.9 Å². The van der Waals surface area contributed by atoms with Gasteiger partial charge in [-0.1, -0.05) is 34.6 Å². The lowest BCUT2D eigenvalue weighted by Crippen LogP contribution is -2.53. The predicted octanol–water partition coefficient (Wildman–Crippen LogP) is 3.66. The Kier molecular flexibility index (Phi) is 10.5. The van der Waals surface area contributed by atoms with Crippen LogP contribution in [0.5, 0.6) is 0 Å². The van der Waals surface area contributed by atoms with Gasteiger partial charge >= 0.3 is 0 Å². The summed E-state index contributed by atoms with van der Waals surface area (Å²) in [6, 6.07) is 1.13. The Morgan fingerprint density at radius 2 is 1.67 bits per heavy atom. The highest BCUT2D eigenvalue weighted by molar-refractivity contribution is 4.89. The summed E-state index contributed by atoms with van der Waals surface area (Å²) in [4.78, 5) is 2.66. The van der Waals surface area contributed by atoms with Gasteiger partial charge in [-0.3, -0.25) is 4.90 Å². The highest BCUT2D eigenvalue weighted by Gasteiger charge is 2.30. The van der Waals surface area contributed by atoms with Gasteiger partial charge in [-0.15, -0.1) is 0 Å². The maximum atomic E-state index is 9.80. The molecule has 0 heterocycles. The summed E-state index contributed by atoms with van der Waals surface area (Å²) >= 11 is 0. The number of aliphatic hydroxyl groups is 1. The predicted molar refractivity (Wildman–Crippen MR) is 93.8 cm³/mol. The van der Waals surface area contributed by atoms with E-state index in [1.807, 2.05) is 0 Å². The van der Waals surface area contributed by atoms with Crippen LogP contribution in [0.2, 0.25) is 0 Å². The van der Waals surface area contributed by atoms with E-state index in [1.54, 1.807) is 0 Å². The van der Waals surface area contributed by atoms with Crippen LogP contribution in [-0.4, -0.2) is 47.3 Å². The zero-order chi connectivity index (χ0) is 16.5. The Bertz CT molecular complexity index is 254. The quantitative estimate of drug-likeness (QED) is 0.577. The molecule has 0 amide bonds. The molecular formula is C18H40N2O. The van der Waals surface area contributed by atoms with Gasteiger partial charge in [0.25, 0.3) is 0 Å². The molecule has 0 aliphatic rings. The summed E-state index contributed by atoms with van der Waals surface area (Å²) in [7, 11) is 0. The van der Waals surface area contributed by atoms with E-state index in [0.29, 0.717) is 18.0 Å². The minimum absolute atomic E-state index is 0.170. The number of nitrogens with one attached hydrogen (secondary N) is 1. The SMILES string of the molecule is CCCNC(C)(CO)CC(C)N(CC(C)C)C(CC)CC. The molecule has 0 aromatic heterocycles. The smallest absolute Gasteiger partial charge is 0.0611 e. The minimum atomic E-state index is -0.170. The van der Waals surface area contributed by atoms with Gasteiger partial charge in [0.15, 0.2) is 0 Å². The van der Waals surface area contributed by atoms with E-state index in [-0.39, 0.29) is 12.1 Å². The molecule has 0 aliphatic heterocycles. The molecule has 0 aromatic rings. The van der Waals surface area contributed by atoms with Crippen LogP contribution in [0.4, 0.5) is 0 Å². The van der Waals surface area contributed by atoms with Gasteiger partial charge in [-0.05, 0) is 52.0 Å². The second-order valence-corrected chi connectivity index (χ2v) is 7.26. The Morgan fingerprint density at radius 1 is 1.10 bits per heavy atom. The van der Waals surface area contributed by atoms with Crippen molar-refractivity contribution in [3.63, 3.8) is 0 Å². The molecule has 0 saturated carbocycles. The van der Waals surface area contributed by atoms with E-state index in [1.165, 1.54) is 12.8 Å². The Balaban J connectivity index is 4.87. The lowest BCUT2D eigenvalue weighted by Gasteiger charge is -2.41. The standard InChI is InChI=1S/C18H40N2O/c1-8-11-19-18(7,14-21)12-16(6)20(13-15(4)5)17(9-2)10-3/h15-17,19,21H,8-14H2,1-7H3. The third kappa shape index (κ3) is 7.62. The van der Waals surface area contributed by atoms with Gasteiger partial charge in [0.1, 0.15) is 0 Å². The normalized spacial score (nSPS) is 16.7. The summed E-state index contributed by atoms with van der Waals surface area (Å²) in [5, 5.41) is 13.3. The first-order valence-corrected chi connectivity index (χ1v) is 8.95. The minimum Gasteiger partial charge on any atom is -0.394 e. The zero-order valence-corrected chi connectivity index (χ0v) is 15.6. The molecular weight excluding hydrogens is 260 g/mol. The van der Waals surface area contributed by atoms with E-state index in [9.17, 15) is 5.11 Å². The summed E-state index contributed by atoms with van der Waals surface area (Å²) in [5.41, 5.74) is -0.170. The molecule has 0 fully saturated rings. The van der Waals surface area contributed by atoms with Crippen molar-refractivity contribution in [3.8, 4) is 0 Å². The fourth-order valence-electron chi connectivity index (χ4n) is 3.26. The molecule has 3 nitrogen and oxygen atoms in total. The molecule has 21 heavy (non-hydrogen) atoms. The average molecular weight is 301 g/mol. The van der Waals surface area contributed by atoms with Crippen LogP contribution in [0.1, 0.15) is 74.1 Å². The summed E-state index contributed by atoms with van der Waals surface area (Å²) < 4.78 is 0. The Labute approximate surface area is 133 Å². The molecule has 2 N–H and O–H groups in total. The van der Waals surface area contributed by atoms with Crippen LogP contribution < -0.4 is 5.32 Å². The maximum absolute atomic E-state index is 9.80. The van der Waals surface area contributed by atoms with Crippen molar-refractivity contribution >= 4 is 0 Å². The van der Waals surface area contributed by atoms with Crippen LogP contribution in [0, 0.1) is 5.92 Å². The Morgan fingerprint density at radius 3 is 2.05 bits per heavy atom. The first-order chi connectivity index (χ1) is 9.83. The molecule has 0 rings (SSSR count). The van der Waals surface area contributed by atoms with Crippen LogP contribution in [0.3, 0.4) is 0 Å². The molecule has 3 heteroatoms. The van der Waals surface area contributed by atoms with E-state index >= 15 is 0 Å². The molecule has 2 atom stereocenters. The molecule has 0 aliphatic carbocycles. The molecule has 2 unspecified atom stereocenters. The first kappa shape index (κ1) is 20.9. The molecule has 0 spiro atoms. The summed E-state index contributed by atoms with van der Waals surface area (Å²) in [5.74, 6) is 0.678. The molecule has 0 aromatic carbocycles. The summed E-state index contributed by atoms with van der Waals surface area (Å²) in [6.07, 6.45) is 4.50. The highest BCUT2D eigenvalue weighted by atomic mass is 16.3. The van der Waals surface area contributed by atoms with Crippen molar-refractivity contribution in [1.29, 1.82) is 0 Å². The number of rotatable bonds is 12. The van der Waals surface area contributed by atoms with E-state index < -0.39 is 0 Å². The van der Waals surface area contributed by atoms with Gasteiger partial charge in [-0.25, -0.2) is 0 Å². The van der Waals surface area contributed by atoms with Crippen molar-refractivity contribution in [3.05, 3.63) is 0 Å². The van der Waals surface area contributed by atoms with Crippen molar-refractivity contribution < 1.29 is 5.11 Å². The van der Waals surface area contributed by atoms with E-state index in [4.69, 9.17) is 0 Å². The van der Waals surface area contributed by atoms with Crippen LogP contribution >= 0.6 is 0 Å². The monoisotopic (exact) mass is 300 g/mol. The van der Waals surface area contributed by atoms with E-state index in [2.05, 4.69) is 58.7 Å². The van der Waals surface area contributed by atoms with Gasteiger partial charge in [0.05, 0.1) is 6.61 Å². The highest BCUT2D eigenvalue weighted by Crippen LogP contribution is 2.22. The number of hydrogen-bond acceptors (Lipinski definition) is 3. The van der Waals surface area contributed by atoms with Crippen molar-refractivity contribution in [2.75, 3.05) is 19.7 Å². The van der Waals surface area contributed by atoms with Gasteiger partial charge in [0, 0.05) is 24.2 Å². The van der Waals surface area contributed by atoms with Crippen LogP contribution in [0.25, 0.3) is 0 Å². The van der Waals surface area contributed by atoms with Gasteiger partial charge in [-0.2, -0.15) is 0 Å². The third-order valence-electron chi connectivity index (χ3n) is 4.45. The van der Waals surface area contributed by atoms with Gasteiger partial charge < -0.3 is 10.4 Å². The second-order valence-electron chi connectivity index (χ2n) is 7.26. The van der Waals surface area contributed by atoms with Crippen molar-refractivity contribution in [2.45, 2.75) is 91.8 Å². The molecule has 0 bridgehead atoms. The fraction of sp³-hybridized carbons (Fsp3) is 1.00. The number of aliphatic hydroxyl groups excluding tert-OH is 1. The molecule has 128 valence electrons. The molecule has 0 radical (unpaired) electrons. The Hall–Kier alpha value is -0.120. The van der Waals surface area contributed by atoms with Crippen molar-refractivity contribution in [2.24, 2.45) is 5.92 Å². The first-order valence-electron chi connectivity index (χ1n) is 8.95. The zero-order valence-electron chi connectivity index (χ0n) is 15.6. The number of nitrogens with zero attached hydrogens (tertiary/aromatic N) is 1. The number of hydrogen-bond donors (Lipinski definition) is 2. The van der Waals surface area contributed by atoms with Crippen molar-refractivity contribution in [1.82, 2.24) is 10.2 Å². The van der Waals surface area contributed by atoms with Crippen LogP contribution in [-0.2, 0) is 0 Å². The third-order valence-corrected chi connectivity index (χ3v) is 4.45. The molecule has 0 saturated heterocycles. The maximum Gasteiger partial charge on any atom is 0.0611 e. The topological polar surface area (TPSA) is 35.5 Å². The summed E-state index contributed by atoms with van der Waals surface area (Å²) in [6.45, 7) is 18.1.